The van der Waals surface area contributed by atoms with Crippen molar-refractivity contribution >= 4 is 17.6 Å². The minimum Gasteiger partial charge on any atom is -0.361 e. The quantitative estimate of drug-likeness (QED) is 0.256. The summed E-state index contributed by atoms with van der Waals surface area (Å²) in [6.45, 7) is -2.85. The second-order valence-corrected chi connectivity index (χ2v) is 7.43. The van der Waals surface area contributed by atoms with E-state index in [0.717, 1.165) is 0 Å². The number of ketones is 1. The predicted octanol–water partition coefficient (Wildman–Crippen LogP) is 0.166. The molecule has 9 nitrogen and oxygen atoms in total. The van der Waals surface area contributed by atoms with Crippen LogP contribution in [-0.2, 0) is 28.6 Å². The summed E-state index contributed by atoms with van der Waals surface area (Å²) in [7, 11) is 0. The minimum absolute atomic E-state index is 0.00752. The fourth-order valence-electron chi connectivity index (χ4n) is 2.48. The van der Waals surface area contributed by atoms with Gasteiger partial charge < -0.3 is 30.6 Å². The molecule has 0 saturated carbocycles. The molecular formula is C17H27F4N3O6. The van der Waals surface area contributed by atoms with Crippen molar-refractivity contribution < 1.29 is 46.2 Å². The summed E-state index contributed by atoms with van der Waals surface area (Å²) in [6.07, 6.45) is 0.238. The van der Waals surface area contributed by atoms with E-state index >= 15 is 0 Å². The van der Waals surface area contributed by atoms with E-state index in [0.29, 0.717) is 0 Å². The van der Waals surface area contributed by atoms with Crippen LogP contribution in [0.1, 0.15) is 27.2 Å². The van der Waals surface area contributed by atoms with Gasteiger partial charge in [-0.25, -0.2) is 0 Å². The zero-order valence-corrected chi connectivity index (χ0v) is 16.8. The maximum Gasteiger partial charge on any atom is 0.345 e. The van der Waals surface area contributed by atoms with Gasteiger partial charge in [0.1, 0.15) is 17.7 Å². The topological polar surface area (TPSA) is 132 Å². The first-order valence-corrected chi connectivity index (χ1v) is 9.19. The molecule has 1 rings (SSSR count). The number of ether oxygens (including phenoxy) is 3. The Morgan fingerprint density at radius 3 is 1.97 bits per heavy atom. The first kappa shape index (κ1) is 26.2. The highest BCUT2D eigenvalue weighted by molar-refractivity contribution is 5.98. The molecule has 0 aromatic rings. The molecule has 174 valence electrons. The summed E-state index contributed by atoms with van der Waals surface area (Å²) < 4.78 is 62.1. The van der Waals surface area contributed by atoms with Gasteiger partial charge in [0.2, 0.25) is 11.8 Å². The molecule has 1 fully saturated rings. The molecule has 30 heavy (non-hydrogen) atoms. The van der Waals surface area contributed by atoms with Crippen molar-refractivity contribution in [1.29, 1.82) is 0 Å². The van der Waals surface area contributed by atoms with Gasteiger partial charge in [-0.1, -0.05) is 13.8 Å². The van der Waals surface area contributed by atoms with Crippen molar-refractivity contribution in [3.63, 3.8) is 0 Å². The zero-order valence-electron chi connectivity index (χ0n) is 16.8. The van der Waals surface area contributed by atoms with E-state index in [1.165, 1.54) is 0 Å². The largest absolute Gasteiger partial charge is 0.361 e. The molecule has 0 unspecified atom stereocenters. The van der Waals surface area contributed by atoms with Gasteiger partial charge in [-0.15, -0.1) is 0 Å². The van der Waals surface area contributed by atoms with Crippen LogP contribution in [0.2, 0.25) is 0 Å². The number of alkyl halides is 4. The molecule has 2 amide bonds. The third-order valence-electron chi connectivity index (χ3n) is 4.20. The van der Waals surface area contributed by atoms with Gasteiger partial charge in [-0.05, 0) is 19.3 Å². The highest BCUT2D eigenvalue weighted by atomic mass is 19.3. The first-order valence-electron chi connectivity index (χ1n) is 9.19. The van der Waals surface area contributed by atoms with E-state index in [-0.39, 0.29) is 18.9 Å². The molecule has 0 spiro atoms. The number of carbonyl (C=O) groups excluding carboxylic acids is 3. The molecule has 0 aromatic heterocycles. The summed E-state index contributed by atoms with van der Waals surface area (Å²) in [5.74, 6) is -2.48. The van der Waals surface area contributed by atoms with Crippen LogP contribution in [0.3, 0.4) is 0 Å². The van der Waals surface area contributed by atoms with Crippen LogP contribution in [0.15, 0.2) is 0 Å². The summed E-state index contributed by atoms with van der Waals surface area (Å²) in [6, 6.07) is -4.24. The van der Waals surface area contributed by atoms with E-state index < -0.39 is 67.8 Å². The first-order chi connectivity index (χ1) is 13.9. The summed E-state index contributed by atoms with van der Waals surface area (Å²) >= 11 is 0. The van der Waals surface area contributed by atoms with Gasteiger partial charge in [-0.3, -0.25) is 14.4 Å². The fraction of sp³-hybridized carbons (Fsp3) is 0.824. The van der Waals surface area contributed by atoms with Crippen LogP contribution in [0.4, 0.5) is 17.6 Å². The number of nitrogens with one attached hydrogen (secondary N) is 2. The van der Waals surface area contributed by atoms with Crippen LogP contribution in [0.25, 0.3) is 0 Å². The maximum atomic E-state index is 12.6. The van der Waals surface area contributed by atoms with E-state index in [1.54, 1.807) is 6.92 Å². The number of hydrogen-bond donors (Lipinski definition) is 3. The molecule has 0 aliphatic carbocycles. The van der Waals surface area contributed by atoms with Gasteiger partial charge in [0.05, 0.1) is 25.9 Å². The summed E-state index contributed by atoms with van der Waals surface area (Å²) in [5, 5.41) is 4.46. The number of nitrogens with two attached hydrogens (primary N) is 1. The molecule has 1 aliphatic rings. The molecule has 4 atom stereocenters. The Morgan fingerprint density at radius 1 is 1.00 bits per heavy atom. The van der Waals surface area contributed by atoms with E-state index in [4.69, 9.17) is 10.5 Å². The van der Waals surface area contributed by atoms with Gasteiger partial charge in [-0.2, -0.15) is 17.6 Å². The number of epoxide rings is 1. The lowest BCUT2D eigenvalue weighted by molar-refractivity contribution is -0.151. The Balaban J connectivity index is 2.84. The van der Waals surface area contributed by atoms with Gasteiger partial charge >= 0.3 is 13.2 Å². The molecule has 0 aromatic carbocycles. The monoisotopic (exact) mass is 445 g/mol. The van der Waals surface area contributed by atoms with Crippen molar-refractivity contribution in [2.24, 2.45) is 11.7 Å². The van der Waals surface area contributed by atoms with Crippen LogP contribution in [0, 0.1) is 5.92 Å². The lowest BCUT2D eigenvalue weighted by atomic mass is 9.93. The van der Waals surface area contributed by atoms with Crippen LogP contribution in [0.5, 0.6) is 0 Å². The van der Waals surface area contributed by atoms with E-state index in [1.807, 2.05) is 19.2 Å². The zero-order chi connectivity index (χ0) is 23.1. The normalized spacial score (nSPS) is 21.4. The van der Waals surface area contributed by atoms with Crippen LogP contribution >= 0.6 is 0 Å². The van der Waals surface area contributed by atoms with E-state index in [2.05, 4.69) is 14.8 Å². The summed E-state index contributed by atoms with van der Waals surface area (Å²) in [5.41, 5.74) is 4.35. The Kier molecular flexibility index (Phi) is 10.1. The van der Waals surface area contributed by atoms with Crippen LogP contribution in [-0.4, -0.2) is 74.4 Å². The molecule has 1 heterocycles. The third kappa shape index (κ3) is 8.90. The summed E-state index contributed by atoms with van der Waals surface area (Å²) in [4.78, 5) is 37.2. The number of Topliss-reactive ketones (excluding diaryl/α,β-unsaturated/α-hetero) is 1. The fourth-order valence-corrected chi connectivity index (χ4v) is 2.48. The van der Waals surface area contributed by atoms with Gasteiger partial charge in [0.25, 0.3) is 0 Å². The number of rotatable bonds is 14. The number of halogens is 4. The molecule has 13 heteroatoms. The van der Waals surface area contributed by atoms with Gasteiger partial charge in [0.15, 0.2) is 5.78 Å². The minimum atomic E-state index is -3.24. The standard InChI is InChI=1S/C17H27F4N3O6/c1-8(2)4-10(12(25)17(3)7-30-17)23-14(27)11(6-29-16(20)21)24-13(26)9(22)5-28-15(18)19/h8-11,15-16H,4-7,22H2,1-3H3,(H,23,27)(H,24,26)/t9-,10-,11-,17+/m0/s1. The van der Waals surface area contributed by atoms with Crippen molar-refractivity contribution in [2.45, 2.75) is 64.1 Å². The lowest BCUT2D eigenvalue weighted by Crippen LogP contribution is -2.57. The van der Waals surface area contributed by atoms with Crippen molar-refractivity contribution in [1.82, 2.24) is 10.6 Å². The molecule has 0 bridgehead atoms. The molecule has 1 saturated heterocycles. The molecular weight excluding hydrogens is 418 g/mol. The predicted molar refractivity (Wildman–Crippen MR) is 94.6 cm³/mol. The highest BCUT2D eigenvalue weighted by Crippen LogP contribution is 2.29. The van der Waals surface area contributed by atoms with Gasteiger partial charge in [0, 0.05) is 0 Å². The van der Waals surface area contributed by atoms with Crippen LogP contribution < -0.4 is 16.4 Å². The third-order valence-corrected chi connectivity index (χ3v) is 4.20. The molecule has 1 aliphatic heterocycles. The Morgan fingerprint density at radius 2 is 1.50 bits per heavy atom. The van der Waals surface area contributed by atoms with Crippen molar-refractivity contribution in [3.05, 3.63) is 0 Å². The number of hydrogen-bond acceptors (Lipinski definition) is 7. The SMILES string of the molecule is CC(C)C[C@H](NC(=O)[C@H](COC(F)F)NC(=O)[C@@H](N)COC(F)F)C(=O)[C@@]1(C)CO1. The molecule has 0 radical (unpaired) electrons. The number of amides is 2. The maximum absolute atomic E-state index is 12.6. The second-order valence-electron chi connectivity index (χ2n) is 7.43. The molecule has 4 N–H and O–H groups in total. The lowest BCUT2D eigenvalue weighted by Gasteiger charge is -2.25. The Hall–Kier alpha value is -1.83. The number of carbonyl (C=O) groups is 3. The van der Waals surface area contributed by atoms with E-state index in [9.17, 15) is 31.9 Å². The Labute approximate surface area is 170 Å². The Bertz CT molecular complexity index is 604. The van der Waals surface area contributed by atoms with Crippen molar-refractivity contribution in [3.8, 4) is 0 Å². The highest BCUT2D eigenvalue weighted by Gasteiger charge is 2.50. The van der Waals surface area contributed by atoms with Crippen molar-refractivity contribution in [2.75, 3.05) is 19.8 Å². The average molecular weight is 445 g/mol. The second kappa shape index (κ2) is 11.5. The average Bonchev–Trinajstić information content (AvgIpc) is 3.39. The smallest absolute Gasteiger partial charge is 0.345 e.